The number of rotatable bonds is 8. The molecule has 14 nitrogen and oxygen atoms in total. The van der Waals surface area contributed by atoms with Gasteiger partial charge >= 0.3 is 0 Å². The van der Waals surface area contributed by atoms with Crippen molar-refractivity contribution in [2.45, 2.75) is 51.6 Å². The molecular weight excluding hydrogens is 944 g/mol. The van der Waals surface area contributed by atoms with E-state index in [1.54, 1.807) is 21.3 Å². The first kappa shape index (κ1) is 43.9. The van der Waals surface area contributed by atoms with Gasteiger partial charge in [-0.2, -0.15) is 0 Å². The molecule has 0 radical (unpaired) electrons. The largest absolute Gasteiger partial charge is 2.00 e. The molecule has 296 valence electrons. The molecule has 2 aromatic carbocycles. The maximum absolute atomic E-state index is 14.8. The van der Waals surface area contributed by atoms with Gasteiger partial charge in [0.1, 0.15) is 11.6 Å². The number of fused-ring (bicyclic) bond motifs is 2. The first-order valence-corrected chi connectivity index (χ1v) is 18.1. The third-order valence-electron chi connectivity index (χ3n) is 10.8. The predicted molar refractivity (Wildman–Crippen MR) is 192 cm³/mol. The summed E-state index contributed by atoms with van der Waals surface area (Å²) in [6.45, 7) is 12.5. The number of carbonyl (C=O) groups is 2. The van der Waals surface area contributed by atoms with Gasteiger partial charge in [0.05, 0.1) is 45.5 Å². The summed E-state index contributed by atoms with van der Waals surface area (Å²) in [6.07, 6.45) is 6.40. The van der Waals surface area contributed by atoms with Crippen LogP contribution in [0.3, 0.4) is 0 Å². The van der Waals surface area contributed by atoms with Crippen LogP contribution < -0.4 is 30.9 Å². The van der Waals surface area contributed by atoms with Gasteiger partial charge in [0.15, 0.2) is 10.9 Å². The molecule has 0 unspecified atom stereocenters. The van der Waals surface area contributed by atoms with Crippen LogP contribution in [0.2, 0.25) is 0 Å². The van der Waals surface area contributed by atoms with Crippen molar-refractivity contribution >= 4 is 45.1 Å². The van der Waals surface area contributed by atoms with Crippen LogP contribution in [0.25, 0.3) is 21.8 Å². The van der Waals surface area contributed by atoms with E-state index in [9.17, 15) is 38.2 Å². The van der Waals surface area contributed by atoms with Gasteiger partial charge in [-0.25, -0.2) is 8.78 Å². The van der Waals surface area contributed by atoms with Crippen molar-refractivity contribution in [1.82, 2.24) is 18.9 Å². The minimum absolute atomic E-state index is 0. The second-order valence-corrected chi connectivity index (χ2v) is 14.1. The Morgan fingerprint density at radius 3 is 1.22 bits per heavy atom. The van der Waals surface area contributed by atoms with Crippen molar-refractivity contribution in [1.29, 1.82) is 0 Å². The van der Waals surface area contributed by atoms with Crippen LogP contribution >= 0.6 is 0 Å². The molecule has 55 heavy (non-hydrogen) atoms. The molecule has 4 heterocycles. The number of piperazine rings is 2. The van der Waals surface area contributed by atoms with Crippen LogP contribution in [0, 0.1) is 42.7 Å². The van der Waals surface area contributed by atoms with Gasteiger partial charge < -0.3 is 59.5 Å². The number of aromatic carboxylic acids is 2. The van der Waals surface area contributed by atoms with Gasteiger partial charge in [-0.05, 0) is 63.0 Å². The Hall–Kier alpha value is -3.85. The molecule has 2 aliphatic heterocycles. The Labute approximate surface area is 339 Å². The molecule has 17 heteroatoms. The maximum atomic E-state index is 14.8. The van der Waals surface area contributed by atoms with E-state index in [1.165, 1.54) is 24.5 Å². The van der Waals surface area contributed by atoms with Gasteiger partial charge in [-0.15, -0.1) is 0 Å². The number of carboxylic acid groups (broad SMARTS) is 2. The number of aromatic nitrogens is 2. The zero-order valence-electron chi connectivity index (χ0n) is 30.7. The normalized spacial score (nSPS) is 17.5. The average Bonchev–Trinajstić information content (AvgIpc) is 4.07. The van der Waals surface area contributed by atoms with E-state index < -0.39 is 45.6 Å². The second kappa shape index (κ2) is 18.0. The Morgan fingerprint density at radius 2 is 0.945 bits per heavy atom. The summed E-state index contributed by atoms with van der Waals surface area (Å²) < 4.78 is 33.2. The van der Waals surface area contributed by atoms with Crippen LogP contribution in [0.1, 0.15) is 72.3 Å². The van der Waals surface area contributed by atoms with E-state index >= 15 is 0 Å². The van der Waals surface area contributed by atoms with Crippen molar-refractivity contribution in [3.63, 3.8) is 0 Å². The van der Waals surface area contributed by atoms with Gasteiger partial charge in [0.25, 0.3) is 0 Å². The number of hydrogen-bond donors (Lipinski definition) is 0. The monoisotopic (exact) mass is 986 g/mol. The fourth-order valence-electron chi connectivity index (χ4n) is 7.41. The van der Waals surface area contributed by atoms with Crippen molar-refractivity contribution in [2.24, 2.45) is 0 Å². The summed E-state index contributed by atoms with van der Waals surface area (Å²) in [5.41, 5.74) is -0.0438. The number of benzene rings is 2. The number of halogens is 2. The Balaban J connectivity index is 0.000000232. The standard InChI is InChI=1S/2C19H22FN3O3.2O.U/c2*1-2-21-5-7-22(8-6-21)17-10-16-13(9-15(17)20)18(24)14(19(25)26)11-23(16)12-3-4-12;;;/h2*9-12H,2-8H2,1H3,(H,25,26);;;/q;;2*-2;/p-2. The van der Waals surface area contributed by atoms with E-state index in [-0.39, 0.29) is 64.9 Å². The van der Waals surface area contributed by atoms with Crippen LogP contribution in [-0.4, -0.2) is 96.3 Å². The molecule has 2 aliphatic carbocycles. The Morgan fingerprint density at radius 1 is 0.618 bits per heavy atom. The maximum Gasteiger partial charge on any atom is 0.198 e. The summed E-state index contributed by atoms with van der Waals surface area (Å²) in [6, 6.07) is 6.09. The molecule has 4 aliphatic rings. The molecule has 4 aromatic rings. The minimum Gasteiger partial charge on any atom is -2.00 e. The molecule has 0 spiro atoms. The molecule has 2 saturated carbocycles. The second-order valence-electron chi connectivity index (χ2n) is 14.1. The SMILES string of the molecule is CCN1CCN(c2cc3c(cc2F)c(=O)c(C(=O)[O-])cn3C2CC2)CC1.CCN1CCN(c2cc3c(cc2F)c(=O)c(C(=O)[O-])cn3C2CC2)CC1.[O-2].[O-2].[U]. The van der Waals surface area contributed by atoms with E-state index in [2.05, 4.69) is 23.6 Å². The van der Waals surface area contributed by atoms with Gasteiger partial charge in [-0.1, -0.05) is 13.8 Å². The van der Waals surface area contributed by atoms with E-state index in [4.69, 9.17) is 0 Å². The molecule has 2 saturated heterocycles. The van der Waals surface area contributed by atoms with Gasteiger partial charge in [0.2, 0.25) is 0 Å². The summed E-state index contributed by atoms with van der Waals surface area (Å²) in [7, 11) is 0. The first-order chi connectivity index (χ1) is 25.0. The fraction of sp³-hybridized carbons (Fsp3) is 0.474. The zero-order chi connectivity index (χ0) is 36.8. The topological polar surface area (TPSA) is 194 Å². The third-order valence-corrected chi connectivity index (χ3v) is 10.8. The summed E-state index contributed by atoms with van der Waals surface area (Å²) >= 11 is 0. The van der Waals surface area contributed by atoms with Crippen LogP contribution in [-0.2, 0) is 11.0 Å². The Bertz CT molecular complexity index is 2020. The smallest absolute Gasteiger partial charge is 0.198 e. The van der Waals surface area contributed by atoms with Crippen molar-refractivity contribution in [3.05, 3.63) is 79.9 Å². The molecule has 0 amide bonds. The predicted octanol–water partition coefficient (Wildman–Crippen LogP) is 1.72. The Kier molecular flexibility index (Phi) is 14.3. The number of likely N-dealkylation sites (N-methyl/N-ethyl adjacent to an activating group) is 2. The molecule has 0 atom stereocenters. The van der Waals surface area contributed by atoms with Crippen molar-refractivity contribution in [2.75, 3.05) is 75.2 Å². The molecule has 0 bridgehead atoms. The molecule has 0 N–H and O–H groups in total. The third kappa shape index (κ3) is 8.92. The molecule has 2 aromatic heterocycles. The van der Waals surface area contributed by atoms with Gasteiger partial charge in [0, 0.05) is 119 Å². The number of anilines is 2. The van der Waals surface area contributed by atoms with E-state index in [1.807, 2.05) is 9.80 Å². The van der Waals surface area contributed by atoms with E-state index in [0.29, 0.717) is 22.4 Å². The van der Waals surface area contributed by atoms with Crippen molar-refractivity contribution < 1.29 is 70.6 Å². The number of hydrogen-bond acceptors (Lipinski definition) is 10. The summed E-state index contributed by atoms with van der Waals surface area (Å²) in [5, 5.41) is 22.8. The van der Waals surface area contributed by atoms with E-state index in [0.717, 1.165) is 91.1 Å². The number of carbonyl (C=O) groups excluding carboxylic acids is 2. The van der Waals surface area contributed by atoms with Crippen LogP contribution in [0.4, 0.5) is 20.2 Å². The van der Waals surface area contributed by atoms with Gasteiger partial charge in [-0.3, -0.25) is 9.59 Å². The quantitative estimate of drug-likeness (QED) is 0.251. The summed E-state index contributed by atoms with van der Waals surface area (Å²) in [4.78, 5) is 56.1. The molecule has 8 rings (SSSR count). The number of carboxylic acids is 2. The number of nitrogens with zero attached hydrogens (tertiary/aromatic N) is 6. The van der Waals surface area contributed by atoms with Crippen LogP contribution in [0.5, 0.6) is 0 Å². The fourth-order valence-corrected chi connectivity index (χ4v) is 7.41. The molecular formula is C38H42F2N6O8U-6. The minimum atomic E-state index is -1.52. The van der Waals surface area contributed by atoms with Crippen molar-refractivity contribution in [3.8, 4) is 0 Å². The average molecular weight is 987 g/mol. The van der Waals surface area contributed by atoms with Crippen LogP contribution in [0.15, 0.2) is 46.2 Å². The summed E-state index contributed by atoms with van der Waals surface area (Å²) in [5.74, 6) is -4.02. The number of pyridine rings is 2. The molecule has 4 fully saturated rings. The zero-order valence-corrected chi connectivity index (χ0v) is 34.9. The first-order valence-electron chi connectivity index (χ1n) is 18.1.